The van der Waals surface area contributed by atoms with E-state index in [1.165, 1.54) is 0 Å². The molecule has 1 aromatic rings. The van der Waals surface area contributed by atoms with Gasteiger partial charge in [-0.3, -0.25) is 9.59 Å². The first-order chi connectivity index (χ1) is 9.04. The zero-order chi connectivity index (χ0) is 13.8. The Bertz CT molecular complexity index is 568. The third-order valence-electron chi connectivity index (χ3n) is 2.92. The van der Waals surface area contributed by atoms with Crippen LogP contribution in [0.25, 0.3) is 5.57 Å². The van der Waals surface area contributed by atoms with Crippen LogP contribution < -0.4 is 5.32 Å². The molecule has 0 spiro atoms. The highest BCUT2D eigenvalue weighted by Gasteiger charge is 2.09. The van der Waals surface area contributed by atoms with Crippen molar-refractivity contribution < 1.29 is 14.7 Å². The minimum atomic E-state index is -0.840. The molecule has 0 unspecified atom stereocenters. The van der Waals surface area contributed by atoms with Crippen LogP contribution in [0.1, 0.15) is 24.5 Å². The SMILES string of the molecule is CC1=CC(=O)NC=C(c2ccc(CC(=O)O)cc2)C1. The van der Waals surface area contributed by atoms with Crippen LogP contribution in [0.3, 0.4) is 0 Å². The number of hydrogen-bond acceptors (Lipinski definition) is 2. The van der Waals surface area contributed by atoms with Gasteiger partial charge in [-0.05, 0) is 30.0 Å². The summed E-state index contributed by atoms with van der Waals surface area (Å²) in [6.45, 7) is 1.91. The van der Waals surface area contributed by atoms with Crippen LogP contribution in [0.15, 0.2) is 42.1 Å². The molecule has 0 fully saturated rings. The maximum Gasteiger partial charge on any atom is 0.307 e. The van der Waals surface area contributed by atoms with Crippen molar-refractivity contribution in [3.05, 3.63) is 53.2 Å². The van der Waals surface area contributed by atoms with Gasteiger partial charge in [0.2, 0.25) is 5.91 Å². The Morgan fingerprint density at radius 1 is 1.32 bits per heavy atom. The molecule has 0 atom stereocenters. The first kappa shape index (κ1) is 13.1. The summed E-state index contributed by atoms with van der Waals surface area (Å²) in [6, 6.07) is 7.37. The van der Waals surface area contributed by atoms with Crippen molar-refractivity contribution in [2.24, 2.45) is 0 Å². The highest BCUT2D eigenvalue weighted by atomic mass is 16.4. The highest BCUT2D eigenvalue weighted by molar-refractivity contribution is 5.91. The molecular weight excluding hydrogens is 242 g/mol. The molecule has 1 heterocycles. The van der Waals surface area contributed by atoms with E-state index in [4.69, 9.17) is 5.11 Å². The summed E-state index contributed by atoms with van der Waals surface area (Å²) >= 11 is 0. The second-order valence-corrected chi connectivity index (χ2v) is 4.61. The predicted molar refractivity (Wildman–Crippen MR) is 72.3 cm³/mol. The molecule has 2 N–H and O–H groups in total. The van der Waals surface area contributed by atoms with E-state index in [0.717, 1.165) is 22.3 Å². The van der Waals surface area contributed by atoms with Crippen molar-refractivity contribution in [1.29, 1.82) is 0 Å². The molecule has 0 saturated carbocycles. The number of carbonyl (C=O) groups excluding carboxylic acids is 1. The highest BCUT2D eigenvalue weighted by Crippen LogP contribution is 2.23. The maximum absolute atomic E-state index is 11.3. The van der Waals surface area contributed by atoms with Gasteiger partial charge in [-0.2, -0.15) is 0 Å². The Labute approximate surface area is 111 Å². The van der Waals surface area contributed by atoms with Gasteiger partial charge >= 0.3 is 5.97 Å². The molecule has 1 aliphatic rings. The quantitative estimate of drug-likeness (QED) is 0.871. The second-order valence-electron chi connectivity index (χ2n) is 4.61. The summed E-state index contributed by atoms with van der Waals surface area (Å²) in [5.41, 5.74) is 3.77. The Hall–Kier alpha value is -2.36. The van der Waals surface area contributed by atoms with Gasteiger partial charge in [0.05, 0.1) is 6.42 Å². The standard InChI is InChI=1S/C15H15NO3/c1-10-6-13(9-16-14(17)7-10)12-4-2-11(3-5-12)8-15(18)19/h2-5,7,9H,6,8H2,1H3,(H,16,17)(H,18,19). The fourth-order valence-electron chi connectivity index (χ4n) is 2.02. The number of carboxylic acids is 1. The third-order valence-corrected chi connectivity index (χ3v) is 2.92. The number of benzene rings is 1. The zero-order valence-corrected chi connectivity index (χ0v) is 10.6. The van der Waals surface area contributed by atoms with Gasteiger partial charge in [0, 0.05) is 12.3 Å². The van der Waals surface area contributed by atoms with Gasteiger partial charge in [0.1, 0.15) is 0 Å². The van der Waals surface area contributed by atoms with Crippen LogP contribution in [0, 0.1) is 0 Å². The minimum Gasteiger partial charge on any atom is -0.481 e. The van der Waals surface area contributed by atoms with E-state index in [1.54, 1.807) is 24.4 Å². The summed E-state index contributed by atoms with van der Waals surface area (Å²) in [7, 11) is 0. The number of carbonyl (C=O) groups is 2. The number of allylic oxidation sites excluding steroid dienone is 2. The lowest BCUT2D eigenvalue weighted by Gasteiger charge is -2.07. The summed E-state index contributed by atoms with van der Waals surface area (Å²) in [5, 5.41) is 11.4. The second kappa shape index (κ2) is 5.52. The van der Waals surface area contributed by atoms with Crippen LogP contribution in [0.5, 0.6) is 0 Å². The van der Waals surface area contributed by atoms with Gasteiger partial charge in [-0.15, -0.1) is 0 Å². The summed E-state index contributed by atoms with van der Waals surface area (Å²) in [5.74, 6) is -0.956. The number of rotatable bonds is 3. The molecule has 0 aliphatic carbocycles. The summed E-state index contributed by atoms with van der Waals surface area (Å²) in [4.78, 5) is 22.0. The molecule has 1 aromatic carbocycles. The molecule has 0 saturated heterocycles. The number of aliphatic carboxylic acids is 1. The molecule has 2 rings (SSSR count). The van der Waals surface area contributed by atoms with E-state index < -0.39 is 5.97 Å². The fraction of sp³-hybridized carbons (Fsp3) is 0.200. The molecule has 19 heavy (non-hydrogen) atoms. The van der Waals surface area contributed by atoms with Crippen molar-refractivity contribution in [2.45, 2.75) is 19.8 Å². The first-order valence-corrected chi connectivity index (χ1v) is 6.02. The van der Waals surface area contributed by atoms with Crippen LogP contribution >= 0.6 is 0 Å². The number of nitrogens with one attached hydrogen (secondary N) is 1. The Balaban J connectivity index is 2.20. The van der Waals surface area contributed by atoms with Gasteiger partial charge in [-0.25, -0.2) is 0 Å². The van der Waals surface area contributed by atoms with Crippen molar-refractivity contribution in [1.82, 2.24) is 5.32 Å². The maximum atomic E-state index is 11.3. The lowest BCUT2D eigenvalue weighted by molar-refractivity contribution is -0.136. The van der Waals surface area contributed by atoms with Crippen molar-refractivity contribution >= 4 is 17.4 Å². The predicted octanol–water partition coefficient (Wildman–Crippen LogP) is 2.12. The minimum absolute atomic E-state index is 0.0228. The first-order valence-electron chi connectivity index (χ1n) is 6.02. The number of hydrogen-bond donors (Lipinski definition) is 2. The molecule has 4 nitrogen and oxygen atoms in total. The monoisotopic (exact) mass is 257 g/mol. The largest absolute Gasteiger partial charge is 0.481 e. The van der Waals surface area contributed by atoms with E-state index in [-0.39, 0.29) is 12.3 Å². The van der Waals surface area contributed by atoms with E-state index in [1.807, 2.05) is 19.1 Å². The van der Waals surface area contributed by atoms with Gasteiger partial charge in [-0.1, -0.05) is 29.8 Å². The lowest BCUT2D eigenvalue weighted by atomic mass is 9.98. The van der Waals surface area contributed by atoms with E-state index in [9.17, 15) is 9.59 Å². The van der Waals surface area contributed by atoms with Crippen LogP contribution in [0.2, 0.25) is 0 Å². The molecule has 0 bridgehead atoms. The van der Waals surface area contributed by atoms with Crippen LogP contribution in [-0.2, 0) is 16.0 Å². The molecule has 0 radical (unpaired) electrons. The molecular formula is C15H15NO3. The normalized spacial score (nSPS) is 15.1. The fourth-order valence-corrected chi connectivity index (χ4v) is 2.02. The van der Waals surface area contributed by atoms with Crippen molar-refractivity contribution in [3.8, 4) is 0 Å². The van der Waals surface area contributed by atoms with Gasteiger partial charge in [0.25, 0.3) is 0 Å². The summed E-state index contributed by atoms with van der Waals surface area (Å²) < 4.78 is 0. The van der Waals surface area contributed by atoms with Crippen molar-refractivity contribution in [2.75, 3.05) is 0 Å². The van der Waals surface area contributed by atoms with Crippen LogP contribution in [0.4, 0.5) is 0 Å². The molecule has 0 aromatic heterocycles. The molecule has 98 valence electrons. The van der Waals surface area contributed by atoms with Gasteiger partial charge in [0.15, 0.2) is 0 Å². The van der Waals surface area contributed by atoms with Crippen LogP contribution in [-0.4, -0.2) is 17.0 Å². The van der Waals surface area contributed by atoms with E-state index >= 15 is 0 Å². The lowest BCUT2D eigenvalue weighted by Crippen LogP contribution is -2.12. The number of amides is 1. The smallest absolute Gasteiger partial charge is 0.307 e. The zero-order valence-electron chi connectivity index (χ0n) is 10.6. The Morgan fingerprint density at radius 2 is 2.00 bits per heavy atom. The summed E-state index contributed by atoms with van der Waals surface area (Å²) in [6.07, 6.45) is 4.02. The number of carboxylic acid groups (broad SMARTS) is 1. The molecule has 4 heteroatoms. The molecule has 1 aliphatic heterocycles. The van der Waals surface area contributed by atoms with Gasteiger partial charge < -0.3 is 10.4 Å². The third kappa shape index (κ3) is 3.55. The van der Waals surface area contributed by atoms with E-state index in [2.05, 4.69) is 5.32 Å². The van der Waals surface area contributed by atoms with E-state index in [0.29, 0.717) is 6.42 Å². The molecule has 1 amide bonds. The topological polar surface area (TPSA) is 66.4 Å². The van der Waals surface area contributed by atoms with Crippen molar-refractivity contribution in [3.63, 3.8) is 0 Å². The average molecular weight is 257 g/mol. The Morgan fingerprint density at radius 3 is 2.63 bits per heavy atom. The Kier molecular flexibility index (Phi) is 3.80. The average Bonchev–Trinajstić information content (AvgIpc) is 2.50.